The number of nitrogens with zero attached hydrogens (tertiary/aromatic N) is 1. The molecule has 6 aliphatic rings. The van der Waals surface area contributed by atoms with Crippen molar-refractivity contribution in [2.75, 3.05) is 42.5 Å². The van der Waals surface area contributed by atoms with Crippen molar-refractivity contribution in [1.82, 2.24) is 4.90 Å². The van der Waals surface area contributed by atoms with E-state index in [9.17, 15) is 4.79 Å². The van der Waals surface area contributed by atoms with E-state index in [0.29, 0.717) is 18.4 Å². The van der Waals surface area contributed by atoms with Gasteiger partial charge in [-0.15, -0.1) is 0 Å². The Morgan fingerprint density at radius 1 is 0.767 bits per heavy atom. The molecular formula is C48H75NO11. The van der Waals surface area contributed by atoms with Crippen LogP contribution in [-0.4, -0.2) is 127 Å². The predicted molar refractivity (Wildman–Crippen MR) is 225 cm³/mol. The fraction of sp³-hybridized carbons (Fsp3) is 0.833. The minimum Gasteiger partial charge on any atom is -0.497 e. The van der Waals surface area contributed by atoms with Gasteiger partial charge in [0.05, 0.1) is 31.5 Å². The van der Waals surface area contributed by atoms with Gasteiger partial charge < -0.3 is 47.5 Å². The molecule has 338 valence electrons. The topological polar surface area (TPSA) is 120 Å². The van der Waals surface area contributed by atoms with Gasteiger partial charge in [0.2, 0.25) is 0 Å². The van der Waals surface area contributed by atoms with Crippen molar-refractivity contribution in [3.8, 4) is 5.75 Å². The zero-order chi connectivity index (χ0) is 42.8. The lowest BCUT2D eigenvalue weighted by atomic mass is 9.64. The zero-order valence-corrected chi connectivity index (χ0v) is 38.0. The Morgan fingerprint density at radius 2 is 1.53 bits per heavy atom. The number of ketones is 1. The molecule has 7 rings (SSSR count). The van der Waals surface area contributed by atoms with Crippen molar-refractivity contribution in [1.29, 1.82) is 0 Å². The lowest BCUT2D eigenvalue weighted by Gasteiger charge is -2.44. The lowest BCUT2D eigenvalue weighted by molar-refractivity contribution is -0.314. The zero-order valence-electron chi connectivity index (χ0n) is 38.0. The molecule has 0 spiro atoms. The quantitative estimate of drug-likeness (QED) is 0.210. The first kappa shape index (κ1) is 45.9. The Hall–Kier alpha value is -2.16. The minimum atomic E-state index is -0.611. The summed E-state index contributed by atoms with van der Waals surface area (Å²) in [6, 6.07) is 8.63. The average molecular weight is 842 g/mol. The summed E-state index contributed by atoms with van der Waals surface area (Å²) in [5.74, 6) is 0.759. The van der Waals surface area contributed by atoms with E-state index < -0.39 is 18.3 Å². The van der Waals surface area contributed by atoms with Gasteiger partial charge in [-0.05, 0) is 145 Å². The molecular weight excluding hydrogens is 767 g/mol. The number of carbonyl (C=O) groups is 2. The van der Waals surface area contributed by atoms with Crippen LogP contribution in [0.1, 0.15) is 110 Å². The second-order valence-electron chi connectivity index (χ2n) is 19.2. The molecule has 1 aromatic carbocycles. The largest absolute Gasteiger partial charge is 0.497 e. The second kappa shape index (κ2) is 20.1. The summed E-state index contributed by atoms with van der Waals surface area (Å²) in [7, 11) is 10.9. The van der Waals surface area contributed by atoms with Crippen molar-refractivity contribution in [3.63, 3.8) is 0 Å². The van der Waals surface area contributed by atoms with E-state index in [4.69, 9.17) is 42.6 Å². The molecule has 0 aromatic heterocycles. The molecule has 1 aromatic rings. The molecule has 19 atom stereocenters. The molecule has 3 saturated carbocycles. The Morgan fingerprint density at radius 3 is 2.22 bits per heavy atom. The van der Waals surface area contributed by atoms with Crippen molar-refractivity contribution in [2.45, 2.75) is 172 Å². The number of likely N-dealkylation sites (N-methyl/N-ethyl adjacent to an activating group) is 1. The Balaban J connectivity index is 1.22. The van der Waals surface area contributed by atoms with E-state index in [1.54, 1.807) is 28.4 Å². The third-order valence-corrected chi connectivity index (χ3v) is 15.8. The molecule has 0 amide bonds. The molecule has 60 heavy (non-hydrogen) atoms. The molecule has 12 nitrogen and oxygen atoms in total. The van der Waals surface area contributed by atoms with Crippen LogP contribution in [0.2, 0.25) is 0 Å². The molecule has 0 N–H and O–H groups in total. The van der Waals surface area contributed by atoms with Crippen LogP contribution in [0.15, 0.2) is 24.3 Å². The Labute approximate surface area is 359 Å². The van der Waals surface area contributed by atoms with Crippen LogP contribution in [0.5, 0.6) is 5.75 Å². The number of carbonyl (C=O) groups excluding carboxylic acids is 2. The summed E-state index contributed by atoms with van der Waals surface area (Å²) in [6.07, 6.45) is 5.86. The standard InChI is InChI=1S/C48H75NO11/c1-11-31-15-13-17-38(60-40-21-20-37(49(5)6)27(3)56-40)26(2)44(51)43-36(25-39(50)58-31)34-19-18-29-22-33(59-48-47(55-10)46(54-9)45(53-8)28(4)57-48)24-35(29)42(34)41(43)30-14-12-16-32(23-30)52-7/h12,14,16,23,26-29,31,33-38,40-43,45-48H,11,13,15,17-22,24-25H2,1-10H3/t26-,27?,28?,29?,31+,33-,34?,35-,36+,37+,38+,40+,41?,42-,43?,45+,46?,47?,48+/m1/s1. The number of Topliss-reactive ketones (excluding diaryl/α,β-unsaturated/α-hetero) is 1. The van der Waals surface area contributed by atoms with Crippen LogP contribution >= 0.6 is 0 Å². The van der Waals surface area contributed by atoms with E-state index in [0.717, 1.165) is 69.1 Å². The highest BCUT2D eigenvalue weighted by molar-refractivity contribution is 5.86. The monoisotopic (exact) mass is 842 g/mol. The Bertz CT molecular complexity index is 1580. The smallest absolute Gasteiger partial charge is 0.306 e. The first-order chi connectivity index (χ1) is 28.9. The summed E-state index contributed by atoms with van der Waals surface area (Å²) >= 11 is 0. The van der Waals surface area contributed by atoms with Crippen molar-refractivity contribution >= 4 is 11.8 Å². The first-order valence-electron chi connectivity index (χ1n) is 23.1. The average Bonchev–Trinajstić information content (AvgIpc) is 3.79. The SMILES string of the molecule is CC[C@H]1CCC[C@H](O[C@H]2CC[C@H](N(C)C)C(C)O2)[C@@H](C)C(=O)C2C(c3cccc(OC)c3)[C@@H]3C(CCC4C[C@@H](O[C@@H]5OC(C)[C@H](OC)C(OC)C5OC)C[C@H]43)[C@@H]2CC(=O)O1. The predicted octanol–water partition coefficient (Wildman–Crippen LogP) is 7.19. The fourth-order valence-electron chi connectivity index (χ4n) is 13.0. The number of fused-ring (bicyclic) bond motifs is 5. The van der Waals surface area contributed by atoms with E-state index in [1.807, 2.05) is 19.1 Å². The fourth-order valence-corrected chi connectivity index (χ4v) is 13.0. The van der Waals surface area contributed by atoms with Crippen LogP contribution in [0.3, 0.4) is 0 Å². The van der Waals surface area contributed by atoms with Gasteiger partial charge in [-0.3, -0.25) is 9.59 Å². The van der Waals surface area contributed by atoms with Crippen LogP contribution in [0.4, 0.5) is 0 Å². The molecule has 3 aliphatic carbocycles. The normalized spacial score (nSPS) is 44.0. The minimum absolute atomic E-state index is 0.0176. The Kier molecular flexibility index (Phi) is 15.4. The van der Waals surface area contributed by atoms with Gasteiger partial charge >= 0.3 is 5.97 Å². The van der Waals surface area contributed by atoms with E-state index in [-0.39, 0.29) is 103 Å². The number of rotatable bonds is 11. The van der Waals surface area contributed by atoms with Crippen LogP contribution in [0.25, 0.3) is 0 Å². The van der Waals surface area contributed by atoms with Crippen molar-refractivity contribution in [2.24, 2.45) is 41.4 Å². The van der Waals surface area contributed by atoms with Gasteiger partial charge in [0.1, 0.15) is 35.9 Å². The highest BCUT2D eigenvalue weighted by Gasteiger charge is 2.61. The highest BCUT2D eigenvalue weighted by atomic mass is 16.7. The third-order valence-electron chi connectivity index (χ3n) is 15.8. The molecule has 8 unspecified atom stereocenters. The number of hydrogen-bond acceptors (Lipinski definition) is 12. The number of ether oxygens (including phenoxy) is 9. The van der Waals surface area contributed by atoms with Gasteiger partial charge in [-0.25, -0.2) is 0 Å². The molecule has 3 heterocycles. The number of hydrogen-bond donors (Lipinski definition) is 0. The summed E-state index contributed by atoms with van der Waals surface area (Å²) in [5.41, 5.74) is 1.10. The van der Waals surface area contributed by atoms with Gasteiger partial charge in [0.15, 0.2) is 12.6 Å². The van der Waals surface area contributed by atoms with E-state index in [2.05, 4.69) is 51.9 Å². The third kappa shape index (κ3) is 9.37. The van der Waals surface area contributed by atoms with Crippen molar-refractivity contribution in [3.05, 3.63) is 29.8 Å². The van der Waals surface area contributed by atoms with Crippen LogP contribution in [0, 0.1) is 41.4 Å². The molecule has 0 bridgehead atoms. The molecule has 3 saturated heterocycles. The maximum Gasteiger partial charge on any atom is 0.306 e. The maximum atomic E-state index is 15.7. The second-order valence-corrected chi connectivity index (χ2v) is 19.2. The van der Waals surface area contributed by atoms with Gasteiger partial charge in [0, 0.05) is 45.6 Å². The van der Waals surface area contributed by atoms with E-state index >= 15 is 4.79 Å². The summed E-state index contributed by atoms with van der Waals surface area (Å²) < 4.78 is 56.5. The number of cyclic esters (lactones) is 1. The van der Waals surface area contributed by atoms with E-state index in [1.165, 1.54) is 0 Å². The maximum absolute atomic E-state index is 15.7. The first-order valence-corrected chi connectivity index (χ1v) is 23.1. The summed E-state index contributed by atoms with van der Waals surface area (Å²) in [4.78, 5) is 31.9. The number of methoxy groups -OCH3 is 4. The number of benzene rings is 1. The highest BCUT2D eigenvalue weighted by Crippen LogP contribution is 2.64. The molecule has 6 fully saturated rings. The molecule has 12 heteroatoms. The van der Waals surface area contributed by atoms with Crippen LogP contribution in [-0.2, 0) is 47.5 Å². The molecule has 0 radical (unpaired) electrons. The van der Waals surface area contributed by atoms with Gasteiger partial charge in [-0.2, -0.15) is 0 Å². The van der Waals surface area contributed by atoms with Gasteiger partial charge in [0.25, 0.3) is 0 Å². The number of esters is 1. The lowest BCUT2D eigenvalue weighted by Crippen LogP contribution is -2.59. The molecule has 3 aliphatic heterocycles. The van der Waals surface area contributed by atoms with Crippen LogP contribution < -0.4 is 4.74 Å². The summed E-state index contributed by atoms with van der Waals surface area (Å²) in [5, 5.41) is 0. The van der Waals surface area contributed by atoms with Gasteiger partial charge in [-0.1, -0.05) is 26.0 Å². The van der Waals surface area contributed by atoms with Crippen molar-refractivity contribution < 1.29 is 52.2 Å². The summed E-state index contributed by atoms with van der Waals surface area (Å²) in [6.45, 7) is 8.28.